The highest BCUT2D eigenvalue weighted by atomic mass is 35.5. The molecule has 0 aliphatic heterocycles. The zero-order chi connectivity index (χ0) is 10.7. The van der Waals surface area contributed by atoms with Crippen molar-refractivity contribution in [2.75, 3.05) is 0 Å². The van der Waals surface area contributed by atoms with Gasteiger partial charge in [0.25, 0.3) is 6.43 Å². The summed E-state index contributed by atoms with van der Waals surface area (Å²) in [6.07, 6.45) is -1.45. The average molecular weight is 240 g/mol. The lowest BCUT2D eigenvalue weighted by atomic mass is 10.1. The molecule has 0 radical (unpaired) electrons. The van der Waals surface area contributed by atoms with Crippen molar-refractivity contribution in [1.29, 1.82) is 0 Å². The van der Waals surface area contributed by atoms with Crippen LogP contribution in [0.25, 0.3) is 0 Å². The van der Waals surface area contributed by atoms with E-state index >= 15 is 0 Å². The molecule has 0 saturated carbocycles. The standard InChI is InChI=1S/C8H5Cl2F2NO/c9-1-6-5(3-14)7(10)4(2-13-6)8(11)12/h2-3,8H,1H2. The third-order valence-corrected chi connectivity index (χ3v) is 2.31. The number of carbonyl (C=O) groups is 1. The zero-order valence-corrected chi connectivity index (χ0v) is 8.32. The number of hydrogen-bond donors (Lipinski definition) is 0. The van der Waals surface area contributed by atoms with E-state index in [-0.39, 0.29) is 22.2 Å². The molecule has 0 spiro atoms. The SMILES string of the molecule is O=Cc1c(CCl)ncc(C(F)F)c1Cl. The second-order valence-electron chi connectivity index (χ2n) is 2.44. The zero-order valence-electron chi connectivity index (χ0n) is 6.81. The number of hydrogen-bond acceptors (Lipinski definition) is 2. The maximum atomic E-state index is 12.3. The predicted octanol–water partition coefficient (Wildman–Crippen LogP) is 3.22. The summed E-state index contributed by atoms with van der Waals surface area (Å²) in [5.74, 6) is -0.0443. The summed E-state index contributed by atoms with van der Waals surface area (Å²) in [4.78, 5) is 14.2. The maximum absolute atomic E-state index is 12.3. The van der Waals surface area contributed by atoms with E-state index in [4.69, 9.17) is 23.2 Å². The molecule has 0 N–H and O–H groups in total. The first-order valence-electron chi connectivity index (χ1n) is 3.58. The summed E-state index contributed by atoms with van der Waals surface area (Å²) in [5, 5.41) is -0.277. The first-order valence-corrected chi connectivity index (χ1v) is 4.49. The summed E-state index contributed by atoms with van der Waals surface area (Å²) in [7, 11) is 0. The van der Waals surface area contributed by atoms with Crippen LogP contribution in [0.3, 0.4) is 0 Å². The molecule has 1 rings (SSSR count). The van der Waals surface area contributed by atoms with Crippen LogP contribution in [0.15, 0.2) is 6.20 Å². The van der Waals surface area contributed by atoms with E-state index in [9.17, 15) is 13.6 Å². The second-order valence-corrected chi connectivity index (χ2v) is 3.09. The minimum absolute atomic E-state index is 0.0443. The minimum atomic E-state index is -2.75. The van der Waals surface area contributed by atoms with Crippen molar-refractivity contribution >= 4 is 29.5 Å². The largest absolute Gasteiger partial charge is 0.298 e. The van der Waals surface area contributed by atoms with Gasteiger partial charge < -0.3 is 0 Å². The second kappa shape index (κ2) is 4.66. The molecule has 0 saturated heterocycles. The number of carbonyl (C=O) groups excluding carboxylic acids is 1. The molecule has 14 heavy (non-hydrogen) atoms. The molecule has 0 aliphatic carbocycles. The molecule has 0 unspecified atom stereocenters. The number of halogens is 4. The number of pyridine rings is 1. The van der Waals surface area contributed by atoms with Gasteiger partial charge in [-0.1, -0.05) is 11.6 Å². The maximum Gasteiger partial charge on any atom is 0.266 e. The lowest BCUT2D eigenvalue weighted by molar-refractivity contribution is 0.112. The van der Waals surface area contributed by atoms with Crippen molar-refractivity contribution in [3.8, 4) is 0 Å². The molecule has 0 fully saturated rings. The van der Waals surface area contributed by atoms with Crippen molar-refractivity contribution in [2.24, 2.45) is 0 Å². The lowest BCUT2D eigenvalue weighted by Gasteiger charge is -2.07. The average Bonchev–Trinajstić information content (AvgIpc) is 2.16. The summed E-state index contributed by atoms with van der Waals surface area (Å²) >= 11 is 11.0. The molecule has 0 aliphatic rings. The van der Waals surface area contributed by atoms with Crippen LogP contribution in [-0.4, -0.2) is 11.3 Å². The van der Waals surface area contributed by atoms with Crippen molar-refractivity contribution in [2.45, 2.75) is 12.3 Å². The summed E-state index contributed by atoms with van der Waals surface area (Å²) in [5.41, 5.74) is -0.321. The summed E-state index contributed by atoms with van der Waals surface area (Å²) in [6.45, 7) is 0. The molecule has 0 bridgehead atoms. The van der Waals surface area contributed by atoms with Crippen LogP contribution < -0.4 is 0 Å². The smallest absolute Gasteiger partial charge is 0.266 e. The van der Waals surface area contributed by atoms with Gasteiger partial charge >= 0.3 is 0 Å². The van der Waals surface area contributed by atoms with Crippen LogP contribution in [0.4, 0.5) is 8.78 Å². The molecule has 1 aromatic heterocycles. The number of rotatable bonds is 3. The van der Waals surface area contributed by atoms with E-state index < -0.39 is 12.0 Å². The van der Waals surface area contributed by atoms with Crippen LogP contribution in [0.5, 0.6) is 0 Å². The van der Waals surface area contributed by atoms with Gasteiger partial charge in [-0.05, 0) is 0 Å². The molecule has 2 nitrogen and oxygen atoms in total. The third kappa shape index (κ3) is 2.01. The summed E-state index contributed by atoms with van der Waals surface area (Å²) < 4.78 is 24.6. The van der Waals surface area contributed by atoms with Crippen molar-refractivity contribution in [1.82, 2.24) is 4.98 Å². The van der Waals surface area contributed by atoms with Gasteiger partial charge in [0.05, 0.1) is 27.7 Å². The van der Waals surface area contributed by atoms with E-state index in [1.165, 1.54) is 0 Å². The van der Waals surface area contributed by atoms with Crippen LogP contribution >= 0.6 is 23.2 Å². The highest BCUT2D eigenvalue weighted by Crippen LogP contribution is 2.29. The first kappa shape index (κ1) is 11.3. The normalized spacial score (nSPS) is 10.6. The van der Waals surface area contributed by atoms with Gasteiger partial charge in [0.2, 0.25) is 0 Å². The van der Waals surface area contributed by atoms with Crippen LogP contribution in [0.2, 0.25) is 5.02 Å². The molecule has 0 atom stereocenters. The fourth-order valence-corrected chi connectivity index (χ4v) is 1.43. The highest BCUT2D eigenvalue weighted by molar-refractivity contribution is 6.34. The number of aromatic nitrogens is 1. The van der Waals surface area contributed by atoms with Crippen LogP contribution in [0, 0.1) is 0 Å². The van der Waals surface area contributed by atoms with Crippen LogP contribution in [0.1, 0.15) is 28.0 Å². The van der Waals surface area contributed by atoms with Gasteiger partial charge in [0.1, 0.15) is 0 Å². The van der Waals surface area contributed by atoms with Gasteiger partial charge in [-0.15, -0.1) is 11.6 Å². The molecular weight excluding hydrogens is 235 g/mol. The minimum Gasteiger partial charge on any atom is -0.298 e. The topological polar surface area (TPSA) is 30.0 Å². The molecule has 0 amide bonds. The molecular formula is C8H5Cl2F2NO. The van der Waals surface area contributed by atoms with Crippen LogP contribution in [-0.2, 0) is 5.88 Å². The van der Waals surface area contributed by atoms with E-state index in [1.807, 2.05) is 0 Å². The fourth-order valence-electron chi connectivity index (χ4n) is 0.934. The van der Waals surface area contributed by atoms with Crippen molar-refractivity contribution in [3.63, 3.8) is 0 Å². The molecule has 0 aromatic carbocycles. The molecule has 1 heterocycles. The Morgan fingerprint density at radius 3 is 2.64 bits per heavy atom. The summed E-state index contributed by atoms with van der Waals surface area (Å²) in [6, 6.07) is 0. The number of alkyl halides is 3. The highest BCUT2D eigenvalue weighted by Gasteiger charge is 2.18. The first-order chi connectivity index (χ1) is 6.61. The Labute approximate surface area is 88.8 Å². The Morgan fingerprint density at radius 1 is 1.57 bits per heavy atom. The quantitative estimate of drug-likeness (QED) is 0.599. The van der Waals surface area contributed by atoms with Crippen molar-refractivity contribution in [3.05, 3.63) is 28.0 Å². The van der Waals surface area contributed by atoms with Crippen molar-refractivity contribution < 1.29 is 13.6 Å². The van der Waals surface area contributed by atoms with Gasteiger partial charge in [-0.25, -0.2) is 8.78 Å². The van der Waals surface area contributed by atoms with E-state index in [0.29, 0.717) is 6.29 Å². The van der Waals surface area contributed by atoms with E-state index in [2.05, 4.69) is 4.98 Å². The number of nitrogens with zero attached hydrogens (tertiary/aromatic N) is 1. The molecule has 6 heteroatoms. The van der Waals surface area contributed by atoms with E-state index in [1.54, 1.807) is 0 Å². The third-order valence-electron chi connectivity index (χ3n) is 1.64. The monoisotopic (exact) mass is 239 g/mol. The molecule has 76 valence electrons. The van der Waals surface area contributed by atoms with E-state index in [0.717, 1.165) is 6.20 Å². The van der Waals surface area contributed by atoms with Gasteiger partial charge in [0, 0.05) is 6.20 Å². The van der Waals surface area contributed by atoms with Gasteiger partial charge in [0.15, 0.2) is 6.29 Å². The fraction of sp³-hybridized carbons (Fsp3) is 0.250. The predicted molar refractivity (Wildman–Crippen MR) is 49.1 cm³/mol. The van der Waals surface area contributed by atoms with Gasteiger partial charge in [-0.3, -0.25) is 9.78 Å². The Hall–Kier alpha value is -0.740. The molecule has 1 aromatic rings. The Bertz CT molecular complexity index is 357. The Morgan fingerprint density at radius 2 is 2.21 bits per heavy atom. The lowest BCUT2D eigenvalue weighted by Crippen LogP contribution is -2.00. The Balaban J connectivity index is 3.34. The Kier molecular flexibility index (Phi) is 3.77. The number of aldehydes is 1. The van der Waals surface area contributed by atoms with Gasteiger partial charge in [-0.2, -0.15) is 0 Å².